The maximum Gasteiger partial charge on any atom is 0.324 e. The molecule has 1 fully saturated rings. The quantitative estimate of drug-likeness (QED) is 0.629. The normalized spacial score (nSPS) is 13.6. The number of anilines is 2. The zero-order chi connectivity index (χ0) is 22.5. The molecule has 3 aromatic carbocycles. The van der Waals surface area contributed by atoms with Crippen LogP contribution in [-0.2, 0) is 6.54 Å². The van der Waals surface area contributed by atoms with Gasteiger partial charge in [0, 0.05) is 36.6 Å². The molecule has 0 radical (unpaired) electrons. The number of urea groups is 1. The topological polar surface area (TPSA) is 76.4 Å². The Kier molecular flexibility index (Phi) is 6.18. The van der Waals surface area contributed by atoms with Crippen molar-refractivity contribution in [3.63, 3.8) is 0 Å². The van der Waals surface area contributed by atoms with Crippen LogP contribution in [0, 0.1) is 18.3 Å². The zero-order valence-electron chi connectivity index (χ0n) is 17.9. The van der Waals surface area contributed by atoms with Crippen LogP contribution < -0.4 is 10.2 Å². The first-order valence-electron chi connectivity index (χ1n) is 10.6. The molecule has 1 aliphatic rings. The third-order valence-electron chi connectivity index (χ3n) is 5.46. The summed E-state index contributed by atoms with van der Waals surface area (Å²) in [5, 5.41) is 11.9. The van der Waals surface area contributed by atoms with Gasteiger partial charge in [-0.25, -0.2) is 4.79 Å². The predicted molar refractivity (Wildman–Crippen MR) is 125 cm³/mol. The summed E-state index contributed by atoms with van der Waals surface area (Å²) < 4.78 is 0. The summed E-state index contributed by atoms with van der Waals surface area (Å²) in [7, 11) is 0. The molecule has 0 bridgehead atoms. The fraction of sp³-hybridized carbons (Fsp3) is 0.192. The molecule has 160 valence electrons. The highest BCUT2D eigenvalue weighted by Crippen LogP contribution is 2.25. The van der Waals surface area contributed by atoms with Crippen LogP contribution in [0.2, 0.25) is 0 Å². The second-order valence-corrected chi connectivity index (χ2v) is 7.89. The highest BCUT2D eigenvalue weighted by molar-refractivity contribution is 6.05. The molecule has 6 heteroatoms. The minimum atomic E-state index is -0.182. The van der Waals surface area contributed by atoms with Crippen molar-refractivity contribution in [2.75, 3.05) is 23.3 Å². The molecule has 3 amide bonds. The molecule has 1 aliphatic heterocycles. The van der Waals surface area contributed by atoms with E-state index in [1.54, 1.807) is 23.1 Å². The van der Waals surface area contributed by atoms with E-state index in [4.69, 9.17) is 5.26 Å². The predicted octanol–water partition coefficient (Wildman–Crippen LogP) is 4.95. The second-order valence-electron chi connectivity index (χ2n) is 7.89. The summed E-state index contributed by atoms with van der Waals surface area (Å²) in [5.74, 6) is -0.182. The number of aryl methyl sites for hydroxylation is 1. The van der Waals surface area contributed by atoms with Crippen LogP contribution in [-0.4, -0.2) is 29.9 Å². The van der Waals surface area contributed by atoms with Gasteiger partial charge in [0.2, 0.25) is 0 Å². The number of nitriles is 1. The largest absolute Gasteiger partial charge is 0.324 e. The molecule has 0 unspecified atom stereocenters. The number of amides is 3. The minimum Gasteiger partial charge on any atom is -0.322 e. The van der Waals surface area contributed by atoms with Gasteiger partial charge in [-0.1, -0.05) is 35.9 Å². The smallest absolute Gasteiger partial charge is 0.322 e. The minimum absolute atomic E-state index is 0.0669. The van der Waals surface area contributed by atoms with E-state index in [0.29, 0.717) is 36.4 Å². The van der Waals surface area contributed by atoms with E-state index in [1.807, 2.05) is 66.4 Å². The lowest BCUT2D eigenvalue weighted by atomic mass is 10.1. The maximum atomic E-state index is 13.2. The van der Waals surface area contributed by atoms with Gasteiger partial charge in [0.25, 0.3) is 5.91 Å². The van der Waals surface area contributed by atoms with Gasteiger partial charge in [0.15, 0.2) is 0 Å². The van der Waals surface area contributed by atoms with Crippen molar-refractivity contribution < 1.29 is 9.59 Å². The van der Waals surface area contributed by atoms with Gasteiger partial charge >= 0.3 is 6.03 Å². The van der Waals surface area contributed by atoms with Crippen LogP contribution in [0.15, 0.2) is 72.8 Å². The Morgan fingerprint density at radius 2 is 1.81 bits per heavy atom. The summed E-state index contributed by atoms with van der Waals surface area (Å²) in [4.78, 5) is 29.3. The Labute approximate surface area is 187 Å². The SMILES string of the molecule is Cc1cccc(C(=O)Nc2cccc(N3CCCN(Cc4ccc(C#N)cc4)C3=O)c2)c1. The number of carbonyl (C=O) groups is 2. The first-order chi connectivity index (χ1) is 15.5. The Morgan fingerprint density at radius 1 is 1.03 bits per heavy atom. The lowest BCUT2D eigenvalue weighted by Crippen LogP contribution is -2.49. The highest BCUT2D eigenvalue weighted by atomic mass is 16.2. The molecule has 0 aromatic heterocycles. The van der Waals surface area contributed by atoms with Crippen molar-refractivity contribution in [3.8, 4) is 6.07 Å². The number of hydrogen-bond acceptors (Lipinski definition) is 3. The van der Waals surface area contributed by atoms with Crippen molar-refractivity contribution in [1.82, 2.24) is 4.90 Å². The Hall–Kier alpha value is -4.11. The molecule has 0 spiro atoms. The molecule has 1 heterocycles. The van der Waals surface area contributed by atoms with Gasteiger partial charge < -0.3 is 10.2 Å². The van der Waals surface area contributed by atoms with Crippen molar-refractivity contribution >= 4 is 23.3 Å². The Bertz CT molecular complexity index is 1180. The zero-order valence-corrected chi connectivity index (χ0v) is 17.9. The summed E-state index contributed by atoms with van der Waals surface area (Å²) >= 11 is 0. The van der Waals surface area contributed by atoms with Crippen LogP contribution in [0.25, 0.3) is 0 Å². The van der Waals surface area contributed by atoms with E-state index >= 15 is 0 Å². The number of rotatable bonds is 5. The lowest BCUT2D eigenvalue weighted by molar-refractivity contribution is 0.102. The van der Waals surface area contributed by atoms with Gasteiger partial charge in [0.1, 0.15) is 0 Å². The van der Waals surface area contributed by atoms with Crippen molar-refractivity contribution in [2.45, 2.75) is 19.9 Å². The standard InChI is InChI=1S/C26H24N4O2/c1-19-5-2-6-22(15-19)25(31)28-23-7-3-8-24(16-23)30-14-4-13-29(26(30)32)18-21-11-9-20(17-27)10-12-21/h2-3,5-12,15-16H,4,13-14,18H2,1H3,(H,28,31). The number of nitrogens with one attached hydrogen (secondary N) is 1. The van der Waals surface area contributed by atoms with Crippen LogP contribution >= 0.6 is 0 Å². The van der Waals surface area contributed by atoms with E-state index in [2.05, 4.69) is 11.4 Å². The van der Waals surface area contributed by atoms with Crippen LogP contribution in [0.4, 0.5) is 16.2 Å². The highest BCUT2D eigenvalue weighted by Gasteiger charge is 2.27. The summed E-state index contributed by atoms with van der Waals surface area (Å²) in [6, 6.07) is 24.1. The van der Waals surface area contributed by atoms with Gasteiger partial charge in [-0.05, 0) is 61.4 Å². The molecule has 0 atom stereocenters. The van der Waals surface area contributed by atoms with E-state index in [9.17, 15) is 9.59 Å². The number of hydrogen-bond donors (Lipinski definition) is 1. The number of nitrogens with zero attached hydrogens (tertiary/aromatic N) is 3. The molecule has 1 N–H and O–H groups in total. The fourth-order valence-corrected chi connectivity index (χ4v) is 3.81. The molecule has 4 rings (SSSR count). The second kappa shape index (κ2) is 9.36. The van der Waals surface area contributed by atoms with Crippen molar-refractivity contribution in [2.24, 2.45) is 0 Å². The van der Waals surface area contributed by atoms with E-state index < -0.39 is 0 Å². The average molecular weight is 425 g/mol. The van der Waals surface area contributed by atoms with Crippen LogP contribution in [0.3, 0.4) is 0 Å². The number of benzene rings is 3. The first kappa shape index (κ1) is 21.1. The molecule has 1 saturated heterocycles. The lowest BCUT2D eigenvalue weighted by Gasteiger charge is -2.36. The third kappa shape index (κ3) is 4.79. The van der Waals surface area contributed by atoms with Gasteiger partial charge in [-0.2, -0.15) is 5.26 Å². The van der Waals surface area contributed by atoms with Crippen LogP contribution in [0.5, 0.6) is 0 Å². The summed E-state index contributed by atoms with van der Waals surface area (Å²) in [6.45, 7) is 3.74. The van der Waals surface area contributed by atoms with Gasteiger partial charge in [-0.15, -0.1) is 0 Å². The van der Waals surface area contributed by atoms with Crippen LogP contribution in [0.1, 0.15) is 33.5 Å². The van der Waals surface area contributed by atoms with Gasteiger partial charge in [-0.3, -0.25) is 9.69 Å². The van der Waals surface area contributed by atoms with E-state index in [0.717, 1.165) is 23.2 Å². The molecular formula is C26H24N4O2. The first-order valence-corrected chi connectivity index (χ1v) is 10.6. The Balaban J connectivity index is 1.47. The molecular weight excluding hydrogens is 400 g/mol. The fourth-order valence-electron chi connectivity index (χ4n) is 3.81. The van der Waals surface area contributed by atoms with E-state index in [1.165, 1.54) is 0 Å². The van der Waals surface area contributed by atoms with E-state index in [-0.39, 0.29) is 11.9 Å². The maximum absolute atomic E-state index is 13.2. The summed E-state index contributed by atoms with van der Waals surface area (Å²) in [6.07, 6.45) is 0.849. The van der Waals surface area contributed by atoms with Crippen molar-refractivity contribution in [1.29, 1.82) is 5.26 Å². The molecule has 0 aliphatic carbocycles. The third-order valence-corrected chi connectivity index (χ3v) is 5.46. The van der Waals surface area contributed by atoms with Crippen molar-refractivity contribution in [3.05, 3.63) is 95.1 Å². The average Bonchev–Trinajstić information content (AvgIpc) is 2.81. The number of carbonyl (C=O) groups excluding carboxylic acids is 2. The summed E-state index contributed by atoms with van der Waals surface area (Å²) in [5.41, 5.74) is 4.60. The molecule has 0 saturated carbocycles. The Morgan fingerprint density at radius 3 is 2.56 bits per heavy atom. The molecule has 3 aromatic rings. The molecule has 6 nitrogen and oxygen atoms in total. The molecule has 32 heavy (non-hydrogen) atoms. The van der Waals surface area contributed by atoms with Gasteiger partial charge in [0.05, 0.1) is 11.6 Å². The monoisotopic (exact) mass is 424 g/mol.